The molecule has 0 saturated heterocycles. The zero-order chi connectivity index (χ0) is 14.4. The second-order valence-corrected chi connectivity index (χ2v) is 5.91. The van der Waals surface area contributed by atoms with Gasteiger partial charge in [0.2, 0.25) is 0 Å². The van der Waals surface area contributed by atoms with Crippen molar-refractivity contribution in [3.05, 3.63) is 18.0 Å². The molecule has 1 aliphatic carbocycles. The van der Waals surface area contributed by atoms with Crippen LogP contribution in [-0.2, 0) is 6.54 Å². The van der Waals surface area contributed by atoms with Crippen LogP contribution in [0.5, 0.6) is 0 Å². The summed E-state index contributed by atoms with van der Waals surface area (Å²) in [6.07, 6.45) is 7.01. The quantitative estimate of drug-likeness (QED) is 0.679. The lowest BCUT2D eigenvalue weighted by molar-refractivity contribution is 0.280. The van der Waals surface area contributed by atoms with Gasteiger partial charge in [-0.05, 0) is 24.7 Å². The zero-order valence-electron chi connectivity index (χ0n) is 12.8. The molecule has 5 heteroatoms. The van der Waals surface area contributed by atoms with E-state index in [0.717, 1.165) is 30.0 Å². The fraction of sp³-hybridized carbons (Fsp3) is 0.733. The number of aliphatic imine (C=N–C) groups is 1. The lowest BCUT2D eigenvalue weighted by Gasteiger charge is -2.29. The van der Waals surface area contributed by atoms with Gasteiger partial charge in [0.25, 0.3) is 0 Å². The monoisotopic (exact) mass is 278 g/mol. The van der Waals surface area contributed by atoms with Crippen molar-refractivity contribution in [3.63, 3.8) is 0 Å². The standard InChI is InChI=1S/C15H26N4O/c1-12-5-4-6-13(9-12)10-17-15(16-2)19(3)11-14-7-8-20-18-14/h7-8,12-13H,4-6,9-11H2,1-3H3,(H,16,17). The Bertz CT molecular complexity index is 416. The molecule has 0 aromatic carbocycles. The van der Waals surface area contributed by atoms with E-state index in [0.29, 0.717) is 6.54 Å². The van der Waals surface area contributed by atoms with E-state index in [-0.39, 0.29) is 0 Å². The number of nitrogens with zero attached hydrogens (tertiary/aromatic N) is 3. The first-order chi connectivity index (χ1) is 9.69. The van der Waals surface area contributed by atoms with Crippen molar-refractivity contribution >= 4 is 5.96 Å². The number of guanidine groups is 1. The highest BCUT2D eigenvalue weighted by Crippen LogP contribution is 2.27. The van der Waals surface area contributed by atoms with Gasteiger partial charge in [0.15, 0.2) is 5.96 Å². The van der Waals surface area contributed by atoms with Gasteiger partial charge >= 0.3 is 0 Å². The molecule has 2 rings (SSSR count). The molecule has 5 nitrogen and oxygen atoms in total. The van der Waals surface area contributed by atoms with E-state index >= 15 is 0 Å². The zero-order valence-corrected chi connectivity index (χ0v) is 12.8. The maximum atomic E-state index is 4.86. The van der Waals surface area contributed by atoms with Gasteiger partial charge in [0.05, 0.1) is 6.54 Å². The Balaban J connectivity index is 1.79. The highest BCUT2D eigenvalue weighted by Gasteiger charge is 2.19. The van der Waals surface area contributed by atoms with Crippen molar-refractivity contribution < 1.29 is 4.52 Å². The van der Waals surface area contributed by atoms with Gasteiger partial charge < -0.3 is 14.7 Å². The molecule has 1 aromatic heterocycles. The minimum atomic E-state index is 0.706. The van der Waals surface area contributed by atoms with Crippen LogP contribution >= 0.6 is 0 Å². The summed E-state index contributed by atoms with van der Waals surface area (Å²) in [7, 11) is 3.85. The first-order valence-corrected chi connectivity index (χ1v) is 7.50. The molecule has 0 radical (unpaired) electrons. The normalized spacial score (nSPS) is 23.6. The average Bonchev–Trinajstić information content (AvgIpc) is 2.92. The lowest BCUT2D eigenvalue weighted by atomic mass is 9.82. The molecule has 1 aliphatic rings. The van der Waals surface area contributed by atoms with Gasteiger partial charge in [0, 0.05) is 26.7 Å². The molecular weight excluding hydrogens is 252 g/mol. The largest absolute Gasteiger partial charge is 0.364 e. The first-order valence-electron chi connectivity index (χ1n) is 7.50. The molecule has 0 amide bonds. The summed E-state index contributed by atoms with van der Waals surface area (Å²) in [4.78, 5) is 6.42. The summed E-state index contributed by atoms with van der Waals surface area (Å²) < 4.78 is 4.86. The molecule has 0 aliphatic heterocycles. The molecule has 0 bridgehead atoms. The van der Waals surface area contributed by atoms with E-state index < -0.39 is 0 Å². The van der Waals surface area contributed by atoms with Crippen LogP contribution in [-0.4, -0.2) is 36.7 Å². The van der Waals surface area contributed by atoms with E-state index in [9.17, 15) is 0 Å². The van der Waals surface area contributed by atoms with E-state index in [2.05, 4.69) is 27.3 Å². The van der Waals surface area contributed by atoms with E-state index in [1.807, 2.05) is 20.2 Å². The fourth-order valence-electron chi connectivity index (χ4n) is 3.00. The maximum Gasteiger partial charge on any atom is 0.193 e. The molecule has 1 fully saturated rings. The third-order valence-corrected chi connectivity index (χ3v) is 4.06. The maximum absolute atomic E-state index is 4.86. The summed E-state index contributed by atoms with van der Waals surface area (Å²) in [6.45, 7) is 4.08. The average molecular weight is 278 g/mol. The Morgan fingerprint density at radius 3 is 3.05 bits per heavy atom. The van der Waals surface area contributed by atoms with Gasteiger partial charge in [-0.15, -0.1) is 0 Å². The number of hydrogen-bond donors (Lipinski definition) is 1. The predicted molar refractivity (Wildman–Crippen MR) is 80.5 cm³/mol. The van der Waals surface area contributed by atoms with Gasteiger partial charge in [-0.3, -0.25) is 4.99 Å². The third-order valence-electron chi connectivity index (χ3n) is 4.06. The molecule has 1 heterocycles. The number of rotatable bonds is 4. The van der Waals surface area contributed by atoms with E-state index in [4.69, 9.17) is 4.52 Å². The number of hydrogen-bond acceptors (Lipinski definition) is 3. The second kappa shape index (κ2) is 7.31. The number of aromatic nitrogens is 1. The van der Waals surface area contributed by atoms with Gasteiger partial charge in [-0.1, -0.05) is 24.9 Å². The lowest BCUT2D eigenvalue weighted by Crippen LogP contribution is -2.41. The van der Waals surface area contributed by atoms with Gasteiger partial charge in [-0.25, -0.2) is 0 Å². The van der Waals surface area contributed by atoms with Crippen LogP contribution in [0.2, 0.25) is 0 Å². The van der Waals surface area contributed by atoms with Crippen molar-refractivity contribution in [2.45, 2.75) is 39.2 Å². The highest BCUT2D eigenvalue weighted by atomic mass is 16.5. The first kappa shape index (κ1) is 14.9. The molecule has 0 spiro atoms. The van der Waals surface area contributed by atoms with Crippen LogP contribution in [0.1, 0.15) is 38.3 Å². The van der Waals surface area contributed by atoms with Crippen molar-refractivity contribution in [3.8, 4) is 0 Å². The SMILES string of the molecule is CN=C(NCC1CCCC(C)C1)N(C)Cc1ccon1. The van der Waals surface area contributed by atoms with Crippen LogP contribution < -0.4 is 5.32 Å². The molecule has 2 atom stereocenters. The van der Waals surface area contributed by atoms with Gasteiger partial charge in [0.1, 0.15) is 12.0 Å². The highest BCUT2D eigenvalue weighted by molar-refractivity contribution is 5.79. The van der Waals surface area contributed by atoms with Crippen LogP contribution in [0.4, 0.5) is 0 Å². The van der Waals surface area contributed by atoms with Crippen molar-refractivity contribution in [1.29, 1.82) is 0 Å². The molecule has 1 aromatic rings. The molecular formula is C15H26N4O. The summed E-state index contributed by atoms with van der Waals surface area (Å²) in [5.74, 6) is 2.56. The Kier molecular flexibility index (Phi) is 5.44. The van der Waals surface area contributed by atoms with Crippen LogP contribution in [0.25, 0.3) is 0 Å². The molecule has 2 unspecified atom stereocenters. The second-order valence-electron chi connectivity index (χ2n) is 5.91. The Labute approximate surface area is 121 Å². The summed E-state index contributed by atoms with van der Waals surface area (Å²) in [5, 5.41) is 7.42. The van der Waals surface area contributed by atoms with E-state index in [1.165, 1.54) is 25.7 Å². The van der Waals surface area contributed by atoms with Crippen molar-refractivity contribution in [2.75, 3.05) is 20.6 Å². The Morgan fingerprint density at radius 2 is 2.40 bits per heavy atom. The summed E-state index contributed by atoms with van der Waals surface area (Å²) in [5.41, 5.74) is 0.918. The van der Waals surface area contributed by atoms with Crippen molar-refractivity contribution in [2.24, 2.45) is 16.8 Å². The summed E-state index contributed by atoms with van der Waals surface area (Å²) >= 11 is 0. The third kappa shape index (κ3) is 4.25. The van der Waals surface area contributed by atoms with E-state index in [1.54, 1.807) is 6.26 Å². The molecule has 112 valence electrons. The fourth-order valence-corrected chi connectivity index (χ4v) is 3.00. The molecule has 1 N–H and O–H groups in total. The summed E-state index contributed by atoms with van der Waals surface area (Å²) in [6, 6.07) is 1.88. The Hall–Kier alpha value is -1.52. The topological polar surface area (TPSA) is 53.7 Å². The minimum absolute atomic E-state index is 0.706. The van der Waals surface area contributed by atoms with Crippen LogP contribution in [0.15, 0.2) is 21.8 Å². The number of nitrogens with one attached hydrogen (secondary N) is 1. The van der Waals surface area contributed by atoms with Crippen LogP contribution in [0.3, 0.4) is 0 Å². The minimum Gasteiger partial charge on any atom is -0.364 e. The smallest absolute Gasteiger partial charge is 0.193 e. The molecule has 1 saturated carbocycles. The molecule has 20 heavy (non-hydrogen) atoms. The van der Waals surface area contributed by atoms with Crippen LogP contribution in [0, 0.1) is 11.8 Å². The van der Waals surface area contributed by atoms with Crippen molar-refractivity contribution in [1.82, 2.24) is 15.4 Å². The van der Waals surface area contributed by atoms with Gasteiger partial charge in [-0.2, -0.15) is 0 Å². The Morgan fingerprint density at radius 1 is 1.55 bits per heavy atom. The predicted octanol–water partition coefficient (Wildman–Crippen LogP) is 2.51.